The van der Waals surface area contributed by atoms with E-state index in [0.717, 1.165) is 39.2 Å². The molecule has 0 saturated carbocycles. The summed E-state index contributed by atoms with van der Waals surface area (Å²) in [5.41, 5.74) is 22.7. The molecule has 12 aromatic rings. The number of rotatable bonds is 5. The second-order valence-corrected chi connectivity index (χ2v) is 18.3. The molecule has 0 amide bonds. The van der Waals surface area contributed by atoms with Crippen LogP contribution in [0.1, 0.15) is 23.6 Å². The molecule has 67 heavy (non-hydrogen) atoms. The van der Waals surface area contributed by atoms with Crippen molar-refractivity contribution in [3.05, 3.63) is 253 Å². The van der Waals surface area contributed by atoms with Gasteiger partial charge in [-0.05, 0) is 167 Å². The first-order valence-corrected chi connectivity index (χ1v) is 23.3. The lowest BCUT2D eigenvalue weighted by molar-refractivity contribution is 0.715. The minimum absolute atomic E-state index is 0.352. The summed E-state index contributed by atoms with van der Waals surface area (Å²) in [5, 5.41) is 4.98. The summed E-state index contributed by atoms with van der Waals surface area (Å²) < 4.78 is 2.29. The summed E-state index contributed by atoms with van der Waals surface area (Å²) >= 11 is 0. The van der Waals surface area contributed by atoms with E-state index < -0.39 is 0 Å². The zero-order valence-corrected chi connectivity index (χ0v) is 36.9. The Kier molecular flexibility index (Phi) is 8.15. The molecule has 0 aliphatic heterocycles. The first-order chi connectivity index (χ1) is 33.1. The van der Waals surface area contributed by atoms with E-state index in [9.17, 15) is 0 Å². The summed E-state index contributed by atoms with van der Waals surface area (Å²) in [6.45, 7) is 2.44. The summed E-state index contributed by atoms with van der Waals surface area (Å²) in [6, 6.07) is 87.7. The summed E-state index contributed by atoms with van der Waals surface area (Å²) in [4.78, 5) is 5.26. The van der Waals surface area contributed by atoms with Gasteiger partial charge in [0.25, 0.3) is 0 Å². The van der Waals surface area contributed by atoms with Gasteiger partial charge in [0.2, 0.25) is 0 Å². The molecule has 312 valence electrons. The topological polar surface area (TPSA) is 17.8 Å². The van der Waals surface area contributed by atoms with Gasteiger partial charge in [0, 0.05) is 16.7 Å². The quantitative estimate of drug-likeness (QED) is 0.158. The van der Waals surface area contributed by atoms with E-state index in [1.807, 2.05) is 0 Å². The fraction of sp³-hybridized carbons (Fsp3) is 0.0308. The van der Waals surface area contributed by atoms with Crippen molar-refractivity contribution in [3.8, 4) is 83.8 Å². The number of aromatic nitrogens is 2. The van der Waals surface area contributed by atoms with E-state index in [2.05, 4.69) is 248 Å². The van der Waals surface area contributed by atoms with E-state index >= 15 is 0 Å². The molecule has 1 heterocycles. The SMILES string of the molecule is CC12c3cccc(c3)-c3ccccc3-c3c4cc(-c5cccc(-c6nc7ccccc7n6-c6ccccc6)c5)ccc4c(-c4ccccc4-c4ccccc4)c4cc(c1cc34)-c1ccccc12. The van der Waals surface area contributed by atoms with Crippen LogP contribution in [-0.2, 0) is 5.41 Å². The van der Waals surface area contributed by atoms with Crippen LogP contribution in [0.2, 0.25) is 0 Å². The van der Waals surface area contributed by atoms with Crippen molar-refractivity contribution in [2.75, 3.05) is 0 Å². The third kappa shape index (κ3) is 5.54. The fourth-order valence-corrected chi connectivity index (χ4v) is 11.7. The van der Waals surface area contributed by atoms with Crippen molar-refractivity contribution in [2.24, 2.45) is 0 Å². The Bertz CT molecular complexity index is 3990. The van der Waals surface area contributed by atoms with Gasteiger partial charge >= 0.3 is 0 Å². The first kappa shape index (κ1) is 37.8. The normalized spacial score (nSPS) is 14.4. The Morgan fingerprint density at radius 2 is 0.910 bits per heavy atom. The van der Waals surface area contributed by atoms with Gasteiger partial charge in [-0.3, -0.25) is 4.57 Å². The monoisotopic (exact) mass is 850 g/mol. The molecule has 0 fully saturated rings. The minimum atomic E-state index is -0.352. The highest BCUT2D eigenvalue weighted by atomic mass is 15.1. The Balaban J connectivity index is 1.10. The largest absolute Gasteiger partial charge is 0.292 e. The maximum absolute atomic E-state index is 5.26. The van der Waals surface area contributed by atoms with Crippen LogP contribution in [0.5, 0.6) is 0 Å². The molecule has 0 saturated heterocycles. The molecule has 11 aromatic carbocycles. The molecule has 2 aliphatic carbocycles. The van der Waals surface area contributed by atoms with Crippen molar-refractivity contribution in [2.45, 2.75) is 12.3 Å². The third-order valence-corrected chi connectivity index (χ3v) is 14.8. The van der Waals surface area contributed by atoms with Crippen LogP contribution in [-0.4, -0.2) is 9.55 Å². The van der Waals surface area contributed by atoms with Crippen LogP contribution in [0.4, 0.5) is 0 Å². The van der Waals surface area contributed by atoms with Crippen LogP contribution < -0.4 is 0 Å². The van der Waals surface area contributed by atoms with E-state index in [-0.39, 0.29) is 5.41 Å². The standard InChI is InChI=1S/C65H42N2/c1-65-46-23-17-21-44(37-46)49-27-9-11-30-52(49)63-55-38-43(42-20-16-22-45(36-42)64-66-60-32-14-15-33-61(60)67(64)47-24-6-3-7-25-47)34-35-53(55)62(51-29-10-8-26-48(51)41-18-4-2-5-19-41)56-39-54(59(65)40-57(56)63)50-28-12-13-31-58(50)65/h2-40H,1H3. The predicted octanol–water partition coefficient (Wildman–Crippen LogP) is 17.0. The summed E-state index contributed by atoms with van der Waals surface area (Å²) in [6.07, 6.45) is 0. The average Bonchev–Trinajstić information content (AvgIpc) is 3.91. The number of nitrogens with zero attached hydrogens (tertiary/aromatic N) is 2. The van der Waals surface area contributed by atoms with Crippen LogP contribution in [0.25, 0.3) is 116 Å². The Morgan fingerprint density at radius 1 is 0.343 bits per heavy atom. The molecule has 2 aliphatic rings. The number of para-hydroxylation sites is 3. The molecule has 14 rings (SSSR count). The lowest BCUT2D eigenvalue weighted by atomic mass is 9.71. The number of imidazole rings is 1. The van der Waals surface area contributed by atoms with Crippen LogP contribution >= 0.6 is 0 Å². The maximum atomic E-state index is 5.26. The third-order valence-electron chi connectivity index (χ3n) is 14.8. The van der Waals surface area contributed by atoms with Gasteiger partial charge in [-0.2, -0.15) is 0 Å². The molecule has 1 atom stereocenters. The molecule has 0 radical (unpaired) electrons. The molecule has 0 spiro atoms. The van der Waals surface area contributed by atoms with E-state index in [4.69, 9.17) is 4.98 Å². The van der Waals surface area contributed by atoms with Crippen LogP contribution in [0.15, 0.2) is 237 Å². The lowest BCUT2D eigenvalue weighted by Gasteiger charge is -2.31. The van der Waals surface area contributed by atoms with Crippen molar-refractivity contribution in [1.82, 2.24) is 9.55 Å². The highest BCUT2D eigenvalue weighted by Gasteiger charge is 2.42. The highest BCUT2D eigenvalue weighted by molar-refractivity contribution is 6.25. The lowest BCUT2D eigenvalue weighted by Crippen LogP contribution is -2.22. The van der Waals surface area contributed by atoms with Crippen molar-refractivity contribution >= 4 is 32.6 Å². The van der Waals surface area contributed by atoms with Crippen LogP contribution in [0.3, 0.4) is 0 Å². The zero-order valence-electron chi connectivity index (χ0n) is 36.9. The van der Waals surface area contributed by atoms with E-state index in [1.165, 1.54) is 93.9 Å². The molecule has 1 unspecified atom stereocenters. The Labute approximate surface area is 389 Å². The molecule has 2 nitrogen and oxygen atoms in total. The minimum Gasteiger partial charge on any atom is -0.292 e. The maximum Gasteiger partial charge on any atom is 0.145 e. The van der Waals surface area contributed by atoms with Crippen LogP contribution in [0, 0.1) is 0 Å². The number of hydrogen-bond donors (Lipinski definition) is 0. The molecular formula is C65H42N2. The molecule has 4 bridgehead atoms. The number of fused-ring (bicyclic) bond motifs is 12. The van der Waals surface area contributed by atoms with Crippen molar-refractivity contribution in [3.63, 3.8) is 0 Å². The van der Waals surface area contributed by atoms with Gasteiger partial charge in [-0.1, -0.05) is 182 Å². The summed E-state index contributed by atoms with van der Waals surface area (Å²) in [7, 11) is 0. The second-order valence-electron chi connectivity index (χ2n) is 18.3. The number of hydrogen-bond acceptors (Lipinski definition) is 1. The van der Waals surface area contributed by atoms with Gasteiger partial charge in [0.1, 0.15) is 5.82 Å². The Morgan fingerprint density at radius 3 is 1.72 bits per heavy atom. The average molecular weight is 851 g/mol. The fourth-order valence-electron chi connectivity index (χ4n) is 11.7. The Hall–Kier alpha value is -8.59. The first-order valence-electron chi connectivity index (χ1n) is 23.3. The highest BCUT2D eigenvalue weighted by Crippen LogP contribution is 2.58. The van der Waals surface area contributed by atoms with Crippen molar-refractivity contribution in [1.29, 1.82) is 0 Å². The smallest absolute Gasteiger partial charge is 0.145 e. The summed E-state index contributed by atoms with van der Waals surface area (Å²) in [5.74, 6) is 0.921. The van der Waals surface area contributed by atoms with Gasteiger partial charge in [0.05, 0.1) is 11.0 Å². The van der Waals surface area contributed by atoms with Gasteiger partial charge in [-0.15, -0.1) is 0 Å². The van der Waals surface area contributed by atoms with E-state index in [0.29, 0.717) is 0 Å². The molecule has 1 aromatic heterocycles. The predicted molar refractivity (Wildman–Crippen MR) is 280 cm³/mol. The number of benzene rings is 11. The van der Waals surface area contributed by atoms with Gasteiger partial charge in [0.15, 0.2) is 0 Å². The molecular weight excluding hydrogens is 809 g/mol. The second kappa shape index (κ2) is 14.5. The molecule has 2 heteroatoms. The zero-order chi connectivity index (χ0) is 44.2. The van der Waals surface area contributed by atoms with Crippen molar-refractivity contribution < 1.29 is 0 Å². The van der Waals surface area contributed by atoms with Gasteiger partial charge in [-0.25, -0.2) is 4.98 Å². The van der Waals surface area contributed by atoms with E-state index in [1.54, 1.807) is 0 Å². The van der Waals surface area contributed by atoms with Gasteiger partial charge < -0.3 is 0 Å². The molecule has 0 N–H and O–H groups in total.